The van der Waals surface area contributed by atoms with E-state index >= 15 is 0 Å². The standard InChI is InChI=1S/C15H18N6/c1-3-4-12-8-15(18-11(2)17-12)20-5-6-21-14(10-20)7-13(9-16)19-21/h7-8H,3-6,10H2,1-2H3. The fourth-order valence-corrected chi connectivity index (χ4v) is 2.67. The summed E-state index contributed by atoms with van der Waals surface area (Å²) in [4.78, 5) is 11.3. The molecule has 1 aliphatic heterocycles. The second-order valence-electron chi connectivity index (χ2n) is 5.29. The third-order valence-electron chi connectivity index (χ3n) is 3.62. The summed E-state index contributed by atoms with van der Waals surface area (Å²) in [5.74, 6) is 1.78. The molecule has 0 amide bonds. The number of aromatic nitrogens is 4. The maximum absolute atomic E-state index is 8.94. The van der Waals surface area contributed by atoms with Gasteiger partial charge in [-0.2, -0.15) is 10.4 Å². The van der Waals surface area contributed by atoms with Gasteiger partial charge in [0.15, 0.2) is 5.69 Å². The highest BCUT2D eigenvalue weighted by Gasteiger charge is 2.20. The van der Waals surface area contributed by atoms with Crippen molar-refractivity contribution < 1.29 is 0 Å². The lowest BCUT2D eigenvalue weighted by atomic mass is 10.2. The molecule has 6 nitrogen and oxygen atoms in total. The van der Waals surface area contributed by atoms with E-state index in [9.17, 15) is 0 Å². The van der Waals surface area contributed by atoms with Crippen LogP contribution in [-0.2, 0) is 19.5 Å². The Balaban J connectivity index is 1.87. The van der Waals surface area contributed by atoms with Crippen LogP contribution in [0.2, 0.25) is 0 Å². The van der Waals surface area contributed by atoms with Crippen LogP contribution in [0.5, 0.6) is 0 Å². The number of hydrogen-bond donors (Lipinski definition) is 0. The minimum absolute atomic E-state index is 0.484. The smallest absolute Gasteiger partial charge is 0.162 e. The van der Waals surface area contributed by atoms with E-state index in [2.05, 4.69) is 39.0 Å². The Labute approximate surface area is 124 Å². The summed E-state index contributed by atoms with van der Waals surface area (Å²) >= 11 is 0. The first-order chi connectivity index (χ1) is 10.2. The number of nitrogens with zero attached hydrogens (tertiary/aromatic N) is 6. The van der Waals surface area contributed by atoms with Gasteiger partial charge in [-0.15, -0.1) is 0 Å². The number of aryl methyl sites for hydroxylation is 2. The highest BCUT2D eigenvalue weighted by atomic mass is 15.3. The molecule has 6 heteroatoms. The molecule has 0 radical (unpaired) electrons. The Hall–Kier alpha value is -2.42. The molecule has 1 aliphatic rings. The van der Waals surface area contributed by atoms with E-state index in [1.165, 1.54) is 0 Å². The van der Waals surface area contributed by atoms with E-state index in [0.717, 1.165) is 55.5 Å². The van der Waals surface area contributed by atoms with Gasteiger partial charge in [-0.05, 0) is 19.4 Å². The molecule has 0 bridgehead atoms. The number of rotatable bonds is 3. The summed E-state index contributed by atoms with van der Waals surface area (Å²) in [5, 5.41) is 13.2. The van der Waals surface area contributed by atoms with Crippen LogP contribution in [0.3, 0.4) is 0 Å². The first-order valence-corrected chi connectivity index (χ1v) is 7.26. The largest absolute Gasteiger partial charge is 0.349 e. The maximum atomic E-state index is 8.94. The Morgan fingerprint density at radius 1 is 1.29 bits per heavy atom. The lowest BCUT2D eigenvalue weighted by Gasteiger charge is -2.29. The first-order valence-electron chi connectivity index (χ1n) is 7.26. The van der Waals surface area contributed by atoms with Gasteiger partial charge in [0, 0.05) is 18.3 Å². The van der Waals surface area contributed by atoms with Crippen LogP contribution >= 0.6 is 0 Å². The molecule has 0 atom stereocenters. The van der Waals surface area contributed by atoms with Crippen molar-refractivity contribution in [2.75, 3.05) is 11.4 Å². The Morgan fingerprint density at radius 3 is 2.90 bits per heavy atom. The summed E-state index contributed by atoms with van der Waals surface area (Å²) in [6.07, 6.45) is 2.05. The van der Waals surface area contributed by atoms with Gasteiger partial charge >= 0.3 is 0 Å². The van der Waals surface area contributed by atoms with Crippen molar-refractivity contribution in [1.82, 2.24) is 19.7 Å². The molecule has 0 spiro atoms. The summed E-state index contributed by atoms with van der Waals surface area (Å²) in [5.41, 5.74) is 2.64. The van der Waals surface area contributed by atoms with Crippen LogP contribution < -0.4 is 4.90 Å². The van der Waals surface area contributed by atoms with Crippen LogP contribution in [-0.4, -0.2) is 26.3 Å². The van der Waals surface area contributed by atoms with Crippen molar-refractivity contribution in [3.8, 4) is 6.07 Å². The zero-order chi connectivity index (χ0) is 14.8. The van der Waals surface area contributed by atoms with Gasteiger partial charge in [-0.3, -0.25) is 4.68 Å². The van der Waals surface area contributed by atoms with Gasteiger partial charge in [0.1, 0.15) is 17.7 Å². The number of anilines is 1. The molecular formula is C15H18N6. The van der Waals surface area contributed by atoms with Gasteiger partial charge in [0.25, 0.3) is 0 Å². The molecular weight excluding hydrogens is 264 g/mol. The van der Waals surface area contributed by atoms with Crippen molar-refractivity contribution >= 4 is 5.82 Å². The molecule has 3 heterocycles. The molecule has 3 rings (SSSR count). The van der Waals surface area contributed by atoms with Crippen molar-refractivity contribution in [2.45, 2.75) is 39.8 Å². The number of nitriles is 1. The number of fused-ring (bicyclic) bond motifs is 1. The molecule has 0 saturated carbocycles. The van der Waals surface area contributed by atoms with Gasteiger partial charge in [-0.1, -0.05) is 13.3 Å². The first kappa shape index (κ1) is 13.6. The molecule has 0 unspecified atom stereocenters. The SMILES string of the molecule is CCCc1cc(N2CCn3nc(C#N)cc3C2)nc(C)n1. The second-order valence-corrected chi connectivity index (χ2v) is 5.29. The second kappa shape index (κ2) is 5.52. The van der Waals surface area contributed by atoms with Crippen molar-refractivity contribution in [1.29, 1.82) is 5.26 Å². The van der Waals surface area contributed by atoms with Crippen LogP contribution in [0.4, 0.5) is 5.82 Å². The molecule has 2 aromatic heterocycles. The van der Waals surface area contributed by atoms with E-state index in [4.69, 9.17) is 5.26 Å². The van der Waals surface area contributed by atoms with E-state index in [1.54, 1.807) is 0 Å². The quantitative estimate of drug-likeness (QED) is 0.859. The van der Waals surface area contributed by atoms with E-state index in [1.807, 2.05) is 17.7 Å². The van der Waals surface area contributed by atoms with Crippen molar-refractivity contribution in [2.24, 2.45) is 0 Å². The predicted molar refractivity (Wildman–Crippen MR) is 78.8 cm³/mol. The predicted octanol–water partition coefficient (Wildman–Crippen LogP) is 1.83. The molecule has 2 aromatic rings. The maximum Gasteiger partial charge on any atom is 0.162 e. The van der Waals surface area contributed by atoms with Crippen LogP contribution in [0.15, 0.2) is 12.1 Å². The normalized spacial score (nSPS) is 13.9. The van der Waals surface area contributed by atoms with Gasteiger partial charge < -0.3 is 4.90 Å². The topological polar surface area (TPSA) is 70.6 Å². The summed E-state index contributed by atoms with van der Waals surface area (Å²) in [7, 11) is 0. The highest BCUT2D eigenvalue weighted by Crippen LogP contribution is 2.20. The fourth-order valence-electron chi connectivity index (χ4n) is 2.67. The van der Waals surface area contributed by atoms with Gasteiger partial charge in [0.05, 0.1) is 18.8 Å². The third kappa shape index (κ3) is 2.72. The Morgan fingerprint density at radius 2 is 2.14 bits per heavy atom. The average Bonchev–Trinajstić information content (AvgIpc) is 2.89. The minimum Gasteiger partial charge on any atom is -0.349 e. The molecule has 108 valence electrons. The monoisotopic (exact) mass is 282 g/mol. The van der Waals surface area contributed by atoms with Gasteiger partial charge in [-0.25, -0.2) is 9.97 Å². The van der Waals surface area contributed by atoms with E-state index < -0.39 is 0 Å². The summed E-state index contributed by atoms with van der Waals surface area (Å²) in [6.45, 7) is 6.45. The van der Waals surface area contributed by atoms with Crippen molar-refractivity contribution in [3.63, 3.8) is 0 Å². The zero-order valence-electron chi connectivity index (χ0n) is 12.4. The fraction of sp³-hybridized carbons (Fsp3) is 0.467. The summed E-state index contributed by atoms with van der Waals surface area (Å²) in [6, 6.07) is 6.03. The van der Waals surface area contributed by atoms with E-state index in [0.29, 0.717) is 5.69 Å². The summed E-state index contributed by atoms with van der Waals surface area (Å²) < 4.78 is 1.91. The van der Waals surface area contributed by atoms with Crippen LogP contribution in [0, 0.1) is 18.3 Å². The van der Waals surface area contributed by atoms with Crippen LogP contribution in [0.25, 0.3) is 0 Å². The Bertz CT molecular complexity index is 697. The molecule has 0 fully saturated rings. The lowest BCUT2D eigenvalue weighted by molar-refractivity contribution is 0.515. The molecule has 0 aliphatic carbocycles. The molecule has 0 N–H and O–H groups in total. The third-order valence-corrected chi connectivity index (χ3v) is 3.62. The van der Waals surface area contributed by atoms with Crippen molar-refractivity contribution in [3.05, 3.63) is 35.0 Å². The van der Waals surface area contributed by atoms with E-state index in [-0.39, 0.29) is 0 Å². The average molecular weight is 282 g/mol. The highest BCUT2D eigenvalue weighted by molar-refractivity contribution is 5.42. The molecule has 0 aromatic carbocycles. The number of hydrogen-bond acceptors (Lipinski definition) is 5. The minimum atomic E-state index is 0.484. The Kier molecular flexibility index (Phi) is 3.57. The molecule has 21 heavy (non-hydrogen) atoms. The lowest BCUT2D eigenvalue weighted by Crippen LogP contribution is -2.34. The van der Waals surface area contributed by atoms with Gasteiger partial charge in [0.2, 0.25) is 0 Å². The van der Waals surface area contributed by atoms with Crippen LogP contribution in [0.1, 0.15) is 36.3 Å². The zero-order valence-corrected chi connectivity index (χ0v) is 12.4. The molecule has 0 saturated heterocycles.